The van der Waals surface area contributed by atoms with Gasteiger partial charge in [0.2, 0.25) is 0 Å². The molecule has 0 N–H and O–H groups in total. The summed E-state index contributed by atoms with van der Waals surface area (Å²) in [6, 6.07) is 24.1. The molecular formula is C42H52S2. The minimum atomic E-state index is 1.21. The summed E-state index contributed by atoms with van der Waals surface area (Å²) in [6.45, 7) is 4.60. The lowest BCUT2D eigenvalue weighted by molar-refractivity contribution is 0.575. The van der Waals surface area contributed by atoms with E-state index in [2.05, 4.69) is 74.5 Å². The van der Waals surface area contributed by atoms with Gasteiger partial charge in [0, 0.05) is 20.2 Å². The summed E-state index contributed by atoms with van der Waals surface area (Å²) in [6.07, 6.45) is 24.5. The molecule has 0 aliphatic rings. The normalized spacial score (nSPS) is 12.1. The minimum absolute atomic E-state index is 1.21. The highest BCUT2D eigenvalue weighted by Gasteiger charge is 2.16. The molecule has 4 aromatic carbocycles. The molecule has 0 saturated carbocycles. The van der Waals surface area contributed by atoms with Crippen LogP contribution in [0.4, 0.5) is 0 Å². The largest absolute Gasteiger partial charge is 0.134 e. The van der Waals surface area contributed by atoms with Gasteiger partial charge in [-0.3, -0.25) is 0 Å². The Bertz CT molecular complexity index is 1670. The highest BCUT2D eigenvalue weighted by molar-refractivity contribution is 7.37. The van der Waals surface area contributed by atoms with Crippen molar-refractivity contribution >= 4 is 73.8 Å². The number of thiophene rings is 2. The predicted octanol–water partition coefficient (Wildman–Crippen LogP) is 14.9. The third kappa shape index (κ3) is 7.34. The van der Waals surface area contributed by atoms with E-state index in [4.69, 9.17) is 0 Å². The van der Waals surface area contributed by atoms with Gasteiger partial charge in [0.25, 0.3) is 0 Å². The molecule has 6 aromatic rings. The highest BCUT2D eigenvalue weighted by Crippen LogP contribution is 2.48. The van der Waals surface area contributed by atoms with Crippen molar-refractivity contribution in [1.29, 1.82) is 0 Å². The van der Waals surface area contributed by atoms with Gasteiger partial charge in [0.05, 0.1) is 9.40 Å². The zero-order valence-corrected chi connectivity index (χ0v) is 29.0. The molecule has 0 aliphatic carbocycles. The predicted molar refractivity (Wildman–Crippen MR) is 202 cm³/mol. The van der Waals surface area contributed by atoms with Gasteiger partial charge in [-0.25, -0.2) is 0 Å². The average Bonchev–Trinajstić information content (AvgIpc) is 3.59. The molecule has 0 aliphatic heterocycles. The molecule has 44 heavy (non-hydrogen) atoms. The van der Waals surface area contributed by atoms with E-state index < -0.39 is 0 Å². The first-order valence-electron chi connectivity index (χ1n) is 18.0. The van der Waals surface area contributed by atoms with Crippen molar-refractivity contribution in [2.24, 2.45) is 0 Å². The first kappa shape index (κ1) is 31.6. The number of hydrogen-bond acceptors (Lipinski definition) is 2. The molecule has 0 spiro atoms. The molecule has 0 bridgehead atoms. The molecule has 0 radical (unpaired) electrons. The lowest BCUT2D eigenvalue weighted by atomic mass is 9.99. The number of fused-ring (bicyclic) bond motifs is 9. The van der Waals surface area contributed by atoms with Crippen molar-refractivity contribution in [3.63, 3.8) is 0 Å². The van der Waals surface area contributed by atoms with Crippen LogP contribution in [0.15, 0.2) is 60.7 Å². The first-order chi connectivity index (χ1) is 21.8. The zero-order valence-electron chi connectivity index (χ0n) is 27.3. The fourth-order valence-corrected chi connectivity index (χ4v) is 9.99. The van der Waals surface area contributed by atoms with Gasteiger partial charge in [0.1, 0.15) is 0 Å². The number of rotatable bonds is 18. The second-order valence-electron chi connectivity index (χ2n) is 13.3. The molecule has 0 saturated heterocycles. The van der Waals surface area contributed by atoms with Crippen molar-refractivity contribution in [1.82, 2.24) is 0 Å². The number of aryl methyl sites for hydroxylation is 2. The van der Waals surface area contributed by atoms with Gasteiger partial charge in [-0.2, -0.15) is 0 Å². The topological polar surface area (TPSA) is 0 Å². The molecule has 2 aromatic heterocycles. The summed E-state index contributed by atoms with van der Waals surface area (Å²) in [5.74, 6) is 0. The van der Waals surface area contributed by atoms with Crippen LogP contribution in [-0.4, -0.2) is 0 Å². The molecule has 2 heteroatoms. The summed E-state index contributed by atoms with van der Waals surface area (Å²) in [5.41, 5.74) is 3.00. The maximum Gasteiger partial charge on any atom is 0.0548 e. The van der Waals surface area contributed by atoms with Crippen LogP contribution >= 0.6 is 22.7 Å². The summed E-state index contributed by atoms with van der Waals surface area (Å²) in [5, 5.41) is 8.61. The number of unbranched alkanes of at least 4 members (excludes halogenated alkanes) is 14. The average molecular weight is 621 g/mol. The van der Waals surface area contributed by atoms with Crippen LogP contribution in [-0.2, 0) is 12.8 Å². The quantitative estimate of drug-likeness (QED) is 0.0839. The van der Waals surface area contributed by atoms with Gasteiger partial charge in [-0.15, -0.1) is 22.7 Å². The second kappa shape index (κ2) is 15.7. The number of benzene rings is 4. The van der Waals surface area contributed by atoms with Crippen LogP contribution in [0.25, 0.3) is 51.1 Å². The standard InChI is InChI=1S/C42H52S2/c1-3-5-7-9-11-13-15-17-19-31-21-25-35-33(29-31)23-27-37-39(35)41-42(43-37)40-36-26-22-32(30-34(36)24-28-38(40)44-41)20-18-16-14-12-10-8-6-4-2/h21-30H,3-20H2,1-2H3. The van der Waals surface area contributed by atoms with Gasteiger partial charge in [0.15, 0.2) is 0 Å². The Morgan fingerprint density at radius 3 is 1.20 bits per heavy atom. The van der Waals surface area contributed by atoms with Gasteiger partial charge < -0.3 is 0 Å². The number of hydrogen-bond donors (Lipinski definition) is 0. The van der Waals surface area contributed by atoms with Gasteiger partial charge in [-0.05, 0) is 70.5 Å². The van der Waals surface area contributed by atoms with E-state index in [9.17, 15) is 0 Å². The van der Waals surface area contributed by atoms with Crippen LogP contribution in [0.2, 0.25) is 0 Å². The van der Waals surface area contributed by atoms with E-state index in [1.54, 1.807) is 0 Å². The first-order valence-corrected chi connectivity index (χ1v) is 19.6. The lowest BCUT2D eigenvalue weighted by Gasteiger charge is -2.06. The van der Waals surface area contributed by atoms with Crippen molar-refractivity contribution in [2.75, 3.05) is 0 Å². The van der Waals surface area contributed by atoms with Crippen molar-refractivity contribution in [3.05, 3.63) is 71.8 Å². The summed E-state index contributed by atoms with van der Waals surface area (Å²) in [7, 11) is 0. The van der Waals surface area contributed by atoms with E-state index in [-0.39, 0.29) is 0 Å². The van der Waals surface area contributed by atoms with Crippen LogP contribution in [0.5, 0.6) is 0 Å². The van der Waals surface area contributed by atoms with E-state index in [1.165, 1.54) is 178 Å². The summed E-state index contributed by atoms with van der Waals surface area (Å²) < 4.78 is 5.83. The van der Waals surface area contributed by atoms with Gasteiger partial charge in [-0.1, -0.05) is 152 Å². The fraction of sp³-hybridized carbons (Fsp3) is 0.476. The summed E-state index contributed by atoms with van der Waals surface area (Å²) in [4.78, 5) is 0. The molecule has 0 fully saturated rings. The molecule has 2 heterocycles. The van der Waals surface area contributed by atoms with E-state index in [0.717, 1.165) is 0 Å². The van der Waals surface area contributed by atoms with Crippen LogP contribution in [0.3, 0.4) is 0 Å². The zero-order chi connectivity index (χ0) is 30.1. The summed E-state index contributed by atoms with van der Waals surface area (Å²) >= 11 is 4.00. The van der Waals surface area contributed by atoms with Crippen LogP contribution in [0, 0.1) is 0 Å². The van der Waals surface area contributed by atoms with E-state index in [1.807, 2.05) is 22.7 Å². The lowest BCUT2D eigenvalue weighted by Crippen LogP contribution is -1.87. The van der Waals surface area contributed by atoms with E-state index >= 15 is 0 Å². The Morgan fingerprint density at radius 1 is 0.409 bits per heavy atom. The maximum atomic E-state index is 2.47. The maximum absolute atomic E-state index is 2.47. The Morgan fingerprint density at radius 2 is 0.795 bits per heavy atom. The monoisotopic (exact) mass is 620 g/mol. The second-order valence-corrected chi connectivity index (χ2v) is 15.4. The third-order valence-corrected chi connectivity index (χ3v) is 12.3. The molecular weight excluding hydrogens is 569 g/mol. The molecule has 0 amide bonds. The molecule has 6 rings (SSSR count). The Balaban J connectivity index is 1.16. The SMILES string of the molecule is CCCCCCCCCCc1ccc2c(ccc3sc4c(sc5ccc6cc(CCCCCCCCCC)ccc6c54)c32)c1. The molecule has 232 valence electrons. The molecule has 0 nitrogen and oxygen atoms in total. The molecule has 0 atom stereocenters. The van der Waals surface area contributed by atoms with E-state index in [0.29, 0.717) is 0 Å². The van der Waals surface area contributed by atoms with Crippen LogP contribution in [0.1, 0.15) is 128 Å². The Kier molecular flexibility index (Phi) is 11.3. The highest BCUT2D eigenvalue weighted by atomic mass is 32.1. The minimum Gasteiger partial charge on any atom is -0.134 e. The van der Waals surface area contributed by atoms with Crippen LogP contribution < -0.4 is 0 Å². The Labute approximate surface area is 273 Å². The van der Waals surface area contributed by atoms with Crippen molar-refractivity contribution in [3.8, 4) is 0 Å². The third-order valence-electron chi connectivity index (χ3n) is 9.81. The fourth-order valence-electron chi connectivity index (χ4n) is 7.24. The Hall–Kier alpha value is -2.42. The van der Waals surface area contributed by atoms with Crippen molar-refractivity contribution < 1.29 is 0 Å². The molecule has 0 unspecified atom stereocenters. The van der Waals surface area contributed by atoms with Crippen molar-refractivity contribution in [2.45, 2.75) is 129 Å². The smallest absolute Gasteiger partial charge is 0.0548 e. The van der Waals surface area contributed by atoms with Gasteiger partial charge >= 0.3 is 0 Å².